The molecule has 3 nitrogen and oxygen atoms in total. The van der Waals surface area contributed by atoms with Gasteiger partial charge < -0.3 is 4.84 Å². The fraction of sp³-hybridized carbons (Fsp3) is 0.783. The van der Waals surface area contributed by atoms with E-state index in [4.69, 9.17) is 4.84 Å². The van der Waals surface area contributed by atoms with Crippen LogP contribution in [0.2, 0.25) is 0 Å². The molecule has 1 aromatic heterocycles. The summed E-state index contributed by atoms with van der Waals surface area (Å²) < 4.78 is 1.62. The zero-order chi connectivity index (χ0) is 18.7. The number of aromatic nitrogens is 1. The highest BCUT2D eigenvalue weighted by Crippen LogP contribution is 2.13. The first-order valence-corrected chi connectivity index (χ1v) is 11.1. The van der Waals surface area contributed by atoms with Gasteiger partial charge in [0.2, 0.25) is 0 Å². The molecule has 29 heavy (non-hydrogen) atoms. The first-order valence-electron chi connectivity index (χ1n) is 11.1. The number of hydrogen-bond acceptors (Lipinski definition) is 2. The van der Waals surface area contributed by atoms with E-state index in [1.54, 1.807) is 17.1 Å². The van der Waals surface area contributed by atoms with Crippen molar-refractivity contribution in [2.75, 3.05) is 6.61 Å². The third kappa shape index (κ3) is 22.1. The van der Waals surface area contributed by atoms with Crippen molar-refractivity contribution in [3.05, 3.63) is 34.7 Å². The van der Waals surface area contributed by atoms with Gasteiger partial charge in [0.15, 0.2) is 5.43 Å². The highest BCUT2D eigenvalue weighted by molar-refractivity contribution is 5.86. The number of halogens is 3. The van der Waals surface area contributed by atoms with Gasteiger partial charge in [-0.2, -0.15) is 4.73 Å². The molecule has 0 saturated carbocycles. The van der Waals surface area contributed by atoms with Gasteiger partial charge in [-0.05, 0) is 12.8 Å². The minimum Gasteiger partial charge on any atom is -0.414 e. The topological polar surface area (TPSA) is 31.2 Å². The predicted octanol–water partition coefficient (Wildman–Crippen LogP) is 7.80. The van der Waals surface area contributed by atoms with E-state index >= 15 is 0 Å². The predicted molar refractivity (Wildman–Crippen MR) is 133 cm³/mol. The Labute approximate surface area is 197 Å². The van der Waals surface area contributed by atoms with E-state index in [0.29, 0.717) is 0 Å². The van der Waals surface area contributed by atoms with Crippen LogP contribution in [0.1, 0.15) is 110 Å². The molecule has 0 radical (unpaired) electrons. The lowest BCUT2D eigenvalue weighted by atomic mass is 10.0. The van der Waals surface area contributed by atoms with Gasteiger partial charge in [0.05, 0.1) is 0 Å². The van der Waals surface area contributed by atoms with Gasteiger partial charge in [-0.25, -0.2) is 0 Å². The largest absolute Gasteiger partial charge is 0.414 e. The molecule has 0 aromatic carbocycles. The summed E-state index contributed by atoms with van der Waals surface area (Å²) >= 11 is 0. The van der Waals surface area contributed by atoms with Gasteiger partial charge in [-0.1, -0.05) is 96.8 Å². The molecule has 0 spiro atoms. The second-order valence-electron chi connectivity index (χ2n) is 7.53. The Hall–Kier alpha value is -0.380. The number of rotatable bonds is 18. The van der Waals surface area contributed by atoms with Crippen LogP contribution in [0.25, 0.3) is 0 Å². The summed E-state index contributed by atoms with van der Waals surface area (Å²) in [6, 6.07) is 3.04. The van der Waals surface area contributed by atoms with E-state index in [2.05, 4.69) is 6.92 Å². The Morgan fingerprint density at radius 3 is 1.34 bits per heavy atom. The molecule has 0 saturated heterocycles. The average molecular weight is 473 g/mol. The van der Waals surface area contributed by atoms with Crippen LogP contribution in [-0.4, -0.2) is 11.3 Å². The number of nitrogens with zero attached hydrogens (tertiary/aromatic N) is 1. The van der Waals surface area contributed by atoms with Crippen LogP contribution in [0.3, 0.4) is 0 Å². The Balaban J connectivity index is -0.00000225. The van der Waals surface area contributed by atoms with Crippen molar-refractivity contribution < 1.29 is 4.84 Å². The van der Waals surface area contributed by atoms with Gasteiger partial charge in [-0.3, -0.25) is 4.79 Å². The maximum Gasteiger partial charge on any atom is 0.181 e. The van der Waals surface area contributed by atoms with Crippen LogP contribution >= 0.6 is 37.2 Å². The van der Waals surface area contributed by atoms with E-state index in [1.807, 2.05) is 0 Å². The van der Waals surface area contributed by atoms with E-state index in [1.165, 1.54) is 108 Å². The highest BCUT2D eigenvalue weighted by atomic mass is 35.5. The molecule has 0 atom stereocenters. The molecule has 1 aromatic rings. The van der Waals surface area contributed by atoms with E-state index in [9.17, 15) is 4.79 Å². The lowest BCUT2D eigenvalue weighted by molar-refractivity contribution is 0.105. The Morgan fingerprint density at radius 1 is 0.621 bits per heavy atom. The van der Waals surface area contributed by atoms with Crippen LogP contribution in [0, 0.1) is 0 Å². The molecule has 0 bridgehead atoms. The molecule has 1 heterocycles. The molecule has 0 aliphatic rings. The molecule has 6 heteroatoms. The highest BCUT2D eigenvalue weighted by Gasteiger charge is 1.95. The van der Waals surface area contributed by atoms with Crippen molar-refractivity contribution >= 4 is 37.2 Å². The van der Waals surface area contributed by atoms with Gasteiger partial charge >= 0.3 is 0 Å². The molecule has 1 rings (SSSR count). The lowest BCUT2D eigenvalue weighted by Gasteiger charge is -2.08. The molecular weight excluding hydrogens is 429 g/mol. The maximum atomic E-state index is 11.0. The second kappa shape index (κ2) is 25.7. The van der Waals surface area contributed by atoms with Gasteiger partial charge in [0.25, 0.3) is 0 Å². The fourth-order valence-corrected chi connectivity index (χ4v) is 3.31. The number of unbranched alkanes of at least 4 members (excludes halogenated alkanes) is 15. The van der Waals surface area contributed by atoms with Crippen LogP contribution in [0.4, 0.5) is 0 Å². The maximum absolute atomic E-state index is 11.0. The molecule has 0 aliphatic carbocycles. The molecule has 0 unspecified atom stereocenters. The monoisotopic (exact) mass is 471 g/mol. The van der Waals surface area contributed by atoms with Gasteiger partial charge in [0, 0.05) is 24.5 Å². The first kappa shape index (κ1) is 33.3. The van der Waals surface area contributed by atoms with Crippen molar-refractivity contribution in [3.63, 3.8) is 0 Å². The molecule has 174 valence electrons. The van der Waals surface area contributed by atoms with Crippen molar-refractivity contribution in [1.82, 2.24) is 4.73 Å². The van der Waals surface area contributed by atoms with Crippen molar-refractivity contribution in [1.29, 1.82) is 0 Å². The van der Waals surface area contributed by atoms with Gasteiger partial charge in [-0.15, -0.1) is 37.2 Å². The summed E-state index contributed by atoms with van der Waals surface area (Å²) in [5.41, 5.74) is 0.0206. The SMILES string of the molecule is CCCCCCCCCCCCCCCCCCOn1ccc(=O)cc1.Cl.Cl.Cl. The fourth-order valence-electron chi connectivity index (χ4n) is 3.31. The van der Waals surface area contributed by atoms with Crippen LogP contribution in [-0.2, 0) is 0 Å². The van der Waals surface area contributed by atoms with Crippen molar-refractivity contribution in [2.45, 2.75) is 110 Å². The summed E-state index contributed by atoms with van der Waals surface area (Å²) in [4.78, 5) is 16.5. The van der Waals surface area contributed by atoms with E-state index in [-0.39, 0.29) is 42.6 Å². The van der Waals surface area contributed by atoms with Crippen LogP contribution in [0.15, 0.2) is 29.3 Å². The Bertz CT molecular complexity index is 463. The number of hydrogen-bond donors (Lipinski definition) is 0. The smallest absolute Gasteiger partial charge is 0.181 e. The quantitative estimate of drug-likeness (QED) is 0.204. The third-order valence-corrected chi connectivity index (χ3v) is 5.01. The number of pyridine rings is 1. The van der Waals surface area contributed by atoms with Gasteiger partial charge in [0.1, 0.15) is 6.61 Å². The summed E-state index contributed by atoms with van der Waals surface area (Å²) in [6.45, 7) is 3.01. The van der Waals surface area contributed by atoms with Crippen LogP contribution in [0.5, 0.6) is 0 Å². The standard InChI is InChI=1S/C23H41NO2.3ClH/c1-2-3-4-5-6-7-8-9-10-11-12-13-14-15-16-17-22-26-24-20-18-23(25)19-21-24;;;/h18-21H,2-17,22H2,1H3;3*1H. The lowest BCUT2D eigenvalue weighted by Crippen LogP contribution is -2.14. The van der Waals surface area contributed by atoms with Crippen molar-refractivity contribution in [3.8, 4) is 0 Å². The minimum absolute atomic E-state index is 0. The first-order chi connectivity index (χ1) is 12.8. The summed E-state index contributed by atoms with van der Waals surface area (Å²) in [7, 11) is 0. The molecular formula is C23H44Cl3NO2. The van der Waals surface area contributed by atoms with Crippen LogP contribution < -0.4 is 10.3 Å². The zero-order valence-corrected chi connectivity index (χ0v) is 20.8. The summed E-state index contributed by atoms with van der Waals surface area (Å²) in [6.07, 6.45) is 25.4. The molecule has 0 amide bonds. The summed E-state index contributed by atoms with van der Waals surface area (Å²) in [5.74, 6) is 0. The van der Waals surface area contributed by atoms with Crippen molar-refractivity contribution in [2.24, 2.45) is 0 Å². The normalized spacial score (nSPS) is 9.83. The summed E-state index contributed by atoms with van der Waals surface area (Å²) in [5, 5.41) is 0. The third-order valence-electron chi connectivity index (χ3n) is 5.01. The minimum atomic E-state index is 0. The molecule has 0 N–H and O–H groups in total. The zero-order valence-electron chi connectivity index (χ0n) is 18.3. The molecule has 0 aliphatic heterocycles. The Morgan fingerprint density at radius 2 is 0.966 bits per heavy atom. The average Bonchev–Trinajstić information content (AvgIpc) is 2.66. The second-order valence-corrected chi connectivity index (χ2v) is 7.53. The van der Waals surface area contributed by atoms with E-state index in [0.717, 1.165) is 13.0 Å². The van der Waals surface area contributed by atoms with E-state index < -0.39 is 0 Å². The Kier molecular flexibility index (Phi) is 29.4. The molecule has 0 fully saturated rings.